The number of nitrogen functional groups attached to an aromatic ring is 1. The lowest BCUT2D eigenvalue weighted by atomic mass is 9.85. The molecule has 0 aromatic carbocycles. The normalized spacial score (nSPS) is 21.7. The number of carbonyl (C=O) groups excluding carboxylic acids is 1. The van der Waals surface area contributed by atoms with Crippen molar-refractivity contribution in [2.24, 2.45) is 0 Å². The number of nitrogens with two attached hydrogens (primary N) is 1. The highest BCUT2D eigenvalue weighted by Crippen LogP contribution is 2.44. The molecule has 4 N–H and O–H groups in total. The van der Waals surface area contributed by atoms with Crippen molar-refractivity contribution in [1.82, 2.24) is 34.4 Å². The van der Waals surface area contributed by atoms with Gasteiger partial charge in [-0.2, -0.15) is 9.61 Å². The molecule has 2 aliphatic rings. The molecule has 0 saturated carbocycles. The maximum Gasteiger partial charge on any atom is 0.248 e. The number of aromatic amines is 1. The van der Waals surface area contributed by atoms with E-state index in [1.54, 1.807) is 29.3 Å². The van der Waals surface area contributed by atoms with Crippen LogP contribution < -0.4 is 5.73 Å². The molecule has 0 spiro atoms. The topological polar surface area (TPSA) is 138 Å². The van der Waals surface area contributed by atoms with Gasteiger partial charge in [0.25, 0.3) is 0 Å². The molecule has 4 aromatic rings. The number of fused-ring (bicyclic) bond motifs is 3. The fourth-order valence-corrected chi connectivity index (χ4v) is 5.96. The second kappa shape index (κ2) is 8.46. The van der Waals surface area contributed by atoms with Crippen molar-refractivity contribution in [3.05, 3.63) is 48.2 Å². The lowest BCUT2D eigenvalue weighted by Crippen LogP contribution is -2.47. The Morgan fingerprint density at radius 1 is 1.20 bits per heavy atom. The molecule has 2 fully saturated rings. The number of pyridine rings is 1. The Hall–Kier alpha value is -3.79. The summed E-state index contributed by atoms with van der Waals surface area (Å²) in [6.45, 7) is 1.66. The van der Waals surface area contributed by atoms with Gasteiger partial charge in [0.1, 0.15) is 18.1 Å². The Labute approximate surface area is 202 Å². The number of carbonyl (C=O) groups is 1. The third kappa shape index (κ3) is 3.47. The molecule has 6 rings (SSSR count). The van der Waals surface area contributed by atoms with E-state index in [0.717, 1.165) is 60.2 Å². The van der Waals surface area contributed by atoms with Crippen LogP contribution in [-0.4, -0.2) is 64.2 Å². The van der Waals surface area contributed by atoms with Gasteiger partial charge >= 0.3 is 0 Å². The average Bonchev–Trinajstić information content (AvgIpc) is 3.62. The fourth-order valence-electron chi connectivity index (χ4n) is 5.96. The second-order valence-corrected chi connectivity index (χ2v) is 9.39. The summed E-state index contributed by atoms with van der Waals surface area (Å²) in [6.07, 6.45) is 11.4. The maximum atomic E-state index is 12.3. The molecule has 3 atom stereocenters. The summed E-state index contributed by atoms with van der Waals surface area (Å²) in [7, 11) is 0. The van der Waals surface area contributed by atoms with Gasteiger partial charge in [-0.1, -0.05) is 13.0 Å². The SMILES string of the molecule is CCc1c([C@@H]2C[C@H]3CC[C@@H](C2)N3C(=O)CO)nc2c(-c3ccc(-c4ncc[nH]4)nc3)cnn2c1N. The number of anilines is 1. The number of aliphatic hydroxyl groups is 1. The summed E-state index contributed by atoms with van der Waals surface area (Å²) >= 11 is 0. The molecule has 10 nitrogen and oxygen atoms in total. The minimum atomic E-state index is -0.430. The zero-order valence-electron chi connectivity index (χ0n) is 19.6. The van der Waals surface area contributed by atoms with Crippen LogP contribution >= 0.6 is 0 Å². The predicted molar refractivity (Wildman–Crippen MR) is 130 cm³/mol. The smallest absolute Gasteiger partial charge is 0.248 e. The number of nitrogens with one attached hydrogen (secondary N) is 1. The van der Waals surface area contributed by atoms with Gasteiger partial charge in [0.2, 0.25) is 5.91 Å². The summed E-state index contributed by atoms with van der Waals surface area (Å²) in [5, 5.41) is 14.0. The van der Waals surface area contributed by atoms with Crippen LogP contribution in [0.25, 0.3) is 28.3 Å². The van der Waals surface area contributed by atoms with E-state index in [0.29, 0.717) is 17.3 Å². The number of nitrogens with zero attached hydrogens (tertiary/aromatic N) is 6. The molecule has 2 bridgehead atoms. The molecule has 0 unspecified atom stereocenters. The van der Waals surface area contributed by atoms with Crippen LogP contribution in [0.4, 0.5) is 5.82 Å². The molecular formula is C25H28N8O2. The Kier molecular flexibility index (Phi) is 5.25. The highest BCUT2D eigenvalue weighted by atomic mass is 16.3. The highest BCUT2D eigenvalue weighted by molar-refractivity contribution is 5.79. The van der Waals surface area contributed by atoms with Gasteiger partial charge in [-0.3, -0.25) is 9.78 Å². The van der Waals surface area contributed by atoms with E-state index in [1.165, 1.54) is 0 Å². The average molecular weight is 473 g/mol. The first-order chi connectivity index (χ1) is 17.1. The lowest BCUT2D eigenvalue weighted by molar-refractivity contribution is -0.138. The molecule has 0 radical (unpaired) electrons. The Balaban J connectivity index is 1.39. The van der Waals surface area contributed by atoms with Gasteiger partial charge in [0.05, 0.1) is 11.9 Å². The molecular weight excluding hydrogens is 444 g/mol. The molecule has 2 saturated heterocycles. The Morgan fingerprint density at radius 3 is 2.63 bits per heavy atom. The van der Waals surface area contributed by atoms with E-state index in [2.05, 4.69) is 27.0 Å². The van der Waals surface area contributed by atoms with Crippen molar-refractivity contribution in [2.75, 3.05) is 12.3 Å². The number of hydrogen-bond acceptors (Lipinski definition) is 7. The fraction of sp³-hybridized carbons (Fsp3) is 0.400. The van der Waals surface area contributed by atoms with Crippen molar-refractivity contribution < 1.29 is 9.90 Å². The summed E-state index contributed by atoms with van der Waals surface area (Å²) in [6, 6.07) is 4.20. The third-order valence-electron chi connectivity index (χ3n) is 7.53. The largest absolute Gasteiger partial charge is 0.387 e. The van der Waals surface area contributed by atoms with E-state index in [-0.39, 0.29) is 23.9 Å². The highest BCUT2D eigenvalue weighted by Gasteiger charge is 2.44. The summed E-state index contributed by atoms with van der Waals surface area (Å²) in [5.41, 5.74) is 11.9. The van der Waals surface area contributed by atoms with Gasteiger partial charge in [-0.15, -0.1) is 0 Å². The van der Waals surface area contributed by atoms with E-state index >= 15 is 0 Å². The molecule has 0 aliphatic carbocycles. The van der Waals surface area contributed by atoms with Gasteiger partial charge < -0.3 is 20.7 Å². The van der Waals surface area contributed by atoms with Gasteiger partial charge in [0.15, 0.2) is 11.5 Å². The van der Waals surface area contributed by atoms with Crippen LogP contribution in [0.2, 0.25) is 0 Å². The lowest BCUT2D eigenvalue weighted by Gasteiger charge is -2.39. The van der Waals surface area contributed by atoms with Gasteiger partial charge in [0, 0.05) is 53.3 Å². The zero-order chi connectivity index (χ0) is 24.1. The molecule has 2 aliphatic heterocycles. The second-order valence-electron chi connectivity index (χ2n) is 9.39. The van der Waals surface area contributed by atoms with Crippen LogP contribution in [0.1, 0.15) is 49.8 Å². The molecule has 35 heavy (non-hydrogen) atoms. The van der Waals surface area contributed by atoms with Gasteiger partial charge in [-0.05, 0) is 38.2 Å². The number of hydrogen-bond donors (Lipinski definition) is 3. The number of aromatic nitrogens is 6. The van der Waals surface area contributed by atoms with Crippen molar-refractivity contribution in [3.8, 4) is 22.6 Å². The molecule has 6 heterocycles. The van der Waals surface area contributed by atoms with Gasteiger partial charge in [-0.25, -0.2) is 9.97 Å². The monoisotopic (exact) mass is 472 g/mol. The standard InChI is InChI=1S/C25H28N8O2/c1-2-18-22(15-9-16-4-5-17(10-15)32(16)21(35)13-34)31-25-19(12-30-33(25)23(18)26)14-3-6-20(29-11-14)24-27-7-8-28-24/h3,6-8,11-12,15-17,34H,2,4-5,9-10,13,26H2,1H3,(H,27,28)/t15-,16-,17+. The Bertz CT molecular complexity index is 1360. The number of H-pyrrole nitrogens is 1. The number of rotatable bonds is 5. The number of aliphatic hydroxyl groups excluding tert-OH is 1. The van der Waals surface area contributed by atoms with Crippen LogP contribution in [0.15, 0.2) is 36.9 Å². The first kappa shape index (κ1) is 21.7. The molecule has 4 aromatic heterocycles. The van der Waals surface area contributed by atoms with Crippen molar-refractivity contribution in [2.45, 2.75) is 57.0 Å². The van der Waals surface area contributed by atoms with Crippen LogP contribution in [0.3, 0.4) is 0 Å². The molecule has 1 amide bonds. The zero-order valence-corrected chi connectivity index (χ0v) is 19.6. The van der Waals surface area contributed by atoms with Crippen LogP contribution in [0, 0.1) is 0 Å². The molecule has 10 heteroatoms. The van der Waals surface area contributed by atoms with E-state index < -0.39 is 6.61 Å². The van der Waals surface area contributed by atoms with E-state index in [1.807, 2.05) is 17.0 Å². The van der Waals surface area contributed by atoms with Crippen LogP contribution in [-0.2, 0) is 11.2 Å². The summed E-state index contributed by atoms with van der Waals surface area (Å²) < 4.78 is 1.72. The van der Waals surface area contributed by atoms with Crippen LogP contribution in [0.5, 0.6) is 0 Å². The summed E-state index contributed by atoms with van der Waals surface area (Å²) in [4.78, 5) is 31.3. The van der Waals surface area contributed by atoms with Crippen molar-refractivity contribution >= 4 is 17.4 Å². The Morgan fingerprint density at radius 2 is 2.00 bits per heavy atom. The first-order valence-electron chi connectivity index (χ1n) is 12.1. The van der Waals surface area contributed by atoms with E-state index in [4.69, 9.17) is 10.7 Å². The number of amides is 1. The van der Waals surface area contributed by atoms with E-state index in [9.17, 15) is 9.90 Å². The van der Waals surface area contributed by atoms with Crippen molar-refractivity contribution in [1.29, 1.82) is 0 Å². The third-order valence-corrected chi connectivity index (χ3v) is 7.53. The quantitative estimate of drug-likeness (QED) is 0.406. The summed E-state index contributed by atoms with van der Waals surface area (Å²) in [5.74, 6) is 1.37. The van der Waals surface area contributed by atoms with Crippen molar-refractivity contribution in [3.63, 3.8) is 0 Å². The number of piperidine rings is 1. The number of imidazole rings is 1. The first-order valence-corrected chi connectivity index (χ1v) is 12.1. The molecule has 180 valence electrons. The maximum absolute atomic E-state index is 12.3. The minimum Gasteiger partial charge on any atom is -0.387 e. The minimum absolute atomic E-state index is 0.144. The predicted octanol–water partition coefficient (Wildman–Crippen LogP) is 2.56.